The molecule has 1 aliphatic rings. The molecule has 2 amide bonds. The predicted octanol–water partition coefficient (Wildman–Crippen LogP) is 2.58. The summed E-state index contributed by atoms with van der Waals surface area (Å²) in [5.74, 6) is -0.0156. The fraction of sp³-hybridized carbons (Fsp3) is 0.364. The molecule has 4 rings (SSSR count). The molecular formula is C22H24ClN5O4S. The van der Waals surface area contributed by atoms with Gasteiger partial charge in [-0.1, -0.05) is 29.0 Å². The van der Waals surface area contributed by atoms with E-state index in [0.717, 1.165) is 16.5 Å². The largest absolute Gasteiger partial charge is 0.474 e. The zero-order valence-corrected chi connectivity index (χ0v) is 19.6. The summed E-state index contributed by atoms with van der Waals surface area (Å²) in [6, 6.07) is 8.37. The summed E-state index contributed by atoms with van der Waals surface area (Å²) in [5.41, 5.74) is 7.54. The fourth-order valence-electron chi connectivity index (χ4n) is 3.72. The monoisotopic (exact) mass is 489 g/mol. The summed E-state index contributed by atoms with van der Waals surface area (Å²) >= 11 is 7.16. The smallest absolute Gasteiger partial charge is 0.261 e. The number of carbonyl (C=O) groups excluding carboxylic acids is 2. The lowest BCUT2D eigenvalue weighted by Gasteiger charge is -2.40. The molecule has 1 aromatic carbocycles. The van der Waals surface area contributed by atoms with E-state index < -0.39 is 6.04 Å². The Balaban J connectivity index is 1.45. The lowest BCUT2D eigenvalue weighted by atomic mass is 10.1. The SMILES string of the molecule is CCOCC1C(=O)N(Cc2ccc3c(N)ncnc3c2)CCN1C(=O)COc1ccc(Cl)s1. The van der Waals surface area contributed by atoms with E-state index in [0.29, 0.717) is 41.5 Å². The molecule has 2 N–H and O–H groups in total. The minimum atomic E-state index is -0.708. The Bertz CT molecular complexity index is 1160. The van der Waals surface area contributed by atoms with Crippen molar-refractivity contribution in [3.63, 3.8) is 0 Å². The Labute approximate surface area is 200 Å². The Kier molecular flexibility index (Phi) is 7.26. The van der Waals surface area contributed by atoms with Gasteiger partial charge in [-0.05, 0) is 36.8 Å². The maximum Gasteiger partial charge on any atom is 0.261 e. The van der Waals surface area contributed by atoms with Gasteiger partial charge in [0, 0.05) is 31.6 Å². The van der Waals surface area contributed by atoms with Crippen molar-refractivity contribution in [2.75, 3.05) is 38.6 Å². The Morgan fingerprint density at radius 3 is 2.88 bits per heavy atom. The number of fused-ring (bicyclic) bond motifs is 1. The van der Waals surface area contributed by atoms with Gasteiger partial charge in [-0.25, -0.2) is 9.97 Å². The van der Waals surface area contributed by atoms with Crippen molar-refractivity contribution in [3.05, 3.63) is 46.6 Å². The van der Waals surface area contributed by atoms with Gasteiger partial charge in [0.2, 0.25) is 5.91 Å². The summed E-state index contributed by atoms with van der Waals surface area (Å²) in [4.78, 5) is 37.7. The molecule has 2 aromatic heterocycles. The van der Waals surface area contributed by atoms with Crippen molar-refractivity contribution in [3.8, 4) is 5.06 Å². The first-order chi connectivity index (χ1) is 16.0. The third-order valence-electron chi connectivity index (χ3n) is 5.38. The number of amides is 2. The molecule has 1 aliphatic heterocycles. The fourth-order valence-corrected chi connectivity index (χ4v) is 4.59. The molecule has 3 heterocycles. The van der Waals surface area contributed by atoms with Gasteiger partial charge in [-0.3, -0.25) is 9.59 Å². The van der Waals surface area contributed by atoms with Crippen LogP contribution < -0.4 is 10.5 Å². The van der Waals surface area contributed by atoms with E-state index in [1.54, 1.807) is 17.0 Å². The summed E-state index contributed by atoms with van der Waals surface area (Å²) in [6.45, 7) is 3.45. The van der Waals surface area contributed by atoms with Crippen LogP contribution in [-0.4, -0.2) is 70.5 Å². The van der Waals surface area contributed by atoms with Gasteiger partial charge in [0.1, 0.15) is 18.2 Å². The molecule has 11 heteroatoms. The van der Waals surface area contributed by atoms with E-state index in [2.05, 4.69) is 9.97 Å². The van der Waals surface area contributed by atoms with Gasteiger partial charge in [0.25, 0.3) is 5.91 Å². The summed E-state index contributed by atoms with van der Waals surface area (Å²) in [6.07, 6.45) is 1.42. The molecular weight excluding hydrogens is 466 g/mol. The Hall–Kier alpha value is -2.95. The van der Waals surface area contributed by atoms with Crippen LogP contribution in [0.5, 0.6) is 5.06 Å². The molecule has 1 saturated heterocycles. The minimum Gasteiger partial charge on any atom is -0.474 e. The highest BCUT2D eigenvalue weighted by Gasteiger charge is 2.37. The van der Waals surface area contributed by atoms with Crippen molar-refractivity contribution in [2.45, 2.75) is 19.5 Å². The van der Waals surface area contributed by atoms with Crippen LogP contribution in [0.3, 0.4) is 0 Å². The number of nitrogens with two attached hydrogens (primary N) is 1. The third-order valence-corrected chi connectivity index (χ3v) is 6.52. The van der Waals surface area contributed by atoms with Crippen LogP contribution in [-0.2, 0) is 20.9 Å². The highest BCUT2D eigenvalue weighted by Crippen LogP contribution is 2.28. The van der Waals surface area contributed by atoms with Crippen molar-refractivity contribution in [1.82, 2.24) is 19.8 Å². The first-order valence-electron chi connectivity index (χ1n) is 10.5. The zero-order valence-electron chi connectivity index (χ0n) is 18.1. The van der Waals surface area contributed by atoms with Gasteiger partial charge < -0.3 is 25.0 Å². The number of ether oxygens (including phenoxy) is 2. The van der Waals surface area contributed by atoms with E-state index in [1.807, 2.05) is 25.1 Å². The normalized spacial score (nSPS) is 16.4. The van der Waals surface area contributed by atoms with E-state index in [1.165, 1.54) is 22.6 Å². The Morgan fingerprint density at radius 1 is 1.27 bits per heavy atom. The van der Waals surface area contributed by atoms with Gasteiger partial charge in [-0.15, -0.1) is 0 Å². The second kappa shape index (κ2) is 10.3. The molecule has 0 radical (unpaired) electrons. The molecule has 0 saturated carbocycles. The first kappa shape index (κ1) is 23.2. The van der Waals surface area contributed by atoms with Crippen LogP contribution in [0.4, 0.5) is 5.82 Å². The number of piperazine rings is 1. The van der Waals surface area contributed by atoms with Crippen molar-refractivity contribution < 1.29 is 19.1 Å². The molecule has 1 fully saturated rings. The summed E-state index contributed by atoms with van der Waals surface area (Å²) in [5, 5.41) is 1.32. The lowest BCUT2D eigenvalue weighted by Crippen LogP contribution is -2.60. The molecule has 1 unspecified atom stereocenters. The number of benzene rings is 1. The number of aromatic nitrogens is 2. The van der Waals surface area contributed by atoms with E-state index >= 15 is 0 Å². The third kappa shape index (κ3) is 5.35. The highest BCUT2D eigenvalue weighted by molar-refractivity contribution is 7.17. The van der Waals surface area contributed by atoms with Crippen LogP contribution >= 0.6 is 22.9 Å². The van der Waals surface area contributed by atoms with Crippen molar-refractivity contribution in [2.24, 2.45) is 0 Å². The molecule has 0 spiro atoms. The van der Waals surface area contributed by atoms with Gasteiger partial charge in [0.15, 0.2) is 11.7 Å². The average Bonchev–Trinajstić information content (AvgIpc) is 3.23. The van der Waals surface area contributed by atoms with Crippen molar-refractivity contribution >= 4 is 51.5 Å². The van der Waals surface area contributed by atoms with E-state index in [9.17, 15) is 9.59 Å². The van der Waals surface area contributed by atoms with Gasteiger partial charge in [-0.2, -0.15) is 0 Å². The average molecular weight is 490 g/mol. The molecule has 3 aromatic rings. The highest BCUT2D eigenvalue weighted by atomic mass is 35.5. The molecule has 174 valence electrons. The maximum atomic E-state index is 13.3. The number of thiophene rings is 1. The number of nitrogen functional groups attached to an aromatic ring is 1. The van der Waals surface area contributed by atoms with Crippen LogP contribution in [0.1, 0.15) is 12.5 Å². The first-order valence-corrected chi connectivity index (χ1v) is 11.7. The van der Waals surface area contributed by atoms with Crippen molar-refractivity contribution in [1.29, 1.82) is 0 Å². The number of nitrogens with zero attached hydrogens (tertiary/aromatic N) is 4. The quantitative estimate of drug-likeness (QED) is 0.517. The van der Waals surface area contributed by atoms with E-state index in [4.69, 9.17) is 26.8 Å². The van der Waals surface area contributed by atoms with Gasteiger partial charge >= 0.3 is 0 Å². The van der Waals surface area contributed by atoms with Crippen LogP contribution in [0.25, 0.3) is 10.9 Å². The summed E-state index contributed by atoms with van der Waals surface area (Å²) in [7, 11) is 0. The number of halogens is 1. The molecule has 9 nitrogen and oxygen atoms in total. The standard InChI is InChI=1S/C22H24ClN5O4S/c1-2-31-11-17-22(30)27(10-14-3-4-15-16(9-14)25-13-26-21(15)24)7-8-28(17)19(29)12-32-20-6-5-18(23)33-20/h3-6,9,13,17H,2,7-8,10-12H2,1H3,(H2,24,25,26). The number of hydrogen-bond donors (Lipinski definition) is 1. The molecule has 33 heavy (non-hydrogen) atoms. The number of hydrogen-bond acceptors (Lipinski definition) is 8. The molecule has 0 bridgehead atoms. The topological polar surface area (TPSA) is 111 Å². The number of anilines is 1. The van der Waals surface area contributed by atoms with Gasteiger partial charge in [0.05, 0.1) is 16.5 Å². The molecule has 1 atom stereocenters. The predicted molar refractivity (Wildman–Crippen MR) is 126 cm³/mol. The van der Waals surface area contributed by atoms with Crippen LogP contribution in [0.15, 0.2) is 36.7 Å². The second-order valence-corrected chi connectivity index (χ2v) is 9.16. The zero-order chi connectivity index (χ0) is 23.4. The lowest BCUT2D eigenvalue weighted by molar-refractivity contribution is -0.155. The van der Waals surface area contributed by atoms with E-state index in [-0.39, 0.29) is 25.0 Å². The minimum absolute atomic E-state index is 0.129. The number of carbonyl (C=O) groups is 2. The Morgan fingerprint density at radius 2 is 2.12 bits per heavy atom. The molecule has 0 aliphatic carbocycles. The van der Waals surface area contributed by atoms with Crippen LogP contribution in [0.2, 0.25) is 4.34 Å². The maximum absolute atomic E-state index is 13.3. The van der Waals surface area contributed by atoms with Crippen LogP contribution in [0, 0.1) is 0 Å². The number of rotatable bonds is 8. The summed E-state index contributed by atoms with van der Waals surface area (Å²) < 4.78 is 11.7. The second-order valence-electron chi connectivity index (χ2n) is 7.48.